The number of fused-ring (bicyclic) bond motifs is 1. The molecule has 1 saturated heterocycles. The van der Waals surface area contributed by atoms with Crippen molar-refractivity contribution in [3.8, 4) is 11.3 Å². The van der Waals surface area contributed by atoms with Gasteiger partial charge in [0.05, 0.1) is 24.4 Å². The molecule has 2 aromatic heterocycles. The molecule has 1 fully saturated rings. The number of rotatable bonds is 2. The highest BCUT2D eigenvalue weighted by atomic mass is 79.9. The SMILES string of the molecule is Brc1ccc2ncnc(-c3ccc(N4CCOCC4)nc3)c2c1. The summed E-state index contributed by atoms with van der Waals surface area (Å²) in [7, 11) is 0. The zero-order valence-corrected chi connectivity index (χ0v) is 14.0. The maximum atomic E-state index is 5.38. The van der Waals surface area contributed by atoms with E-state index in [9.17, 15) is 0 Å². The first-order valence-electron chi connectivity index (χ1n) is 7.51. The number of benzene rings is 1. The van der Waals surface area contributed by atoms with Gasteiger partial charge in [0.1, 0.15) is 12.1 Å². The third kappa shape index (κ3) is 2.92. The molecule has 1 aromatic carbocycles. The van der Waals surface area contributed by atoms with Crippen molar-refractivity contribution in [3.05, 3.63) is 47.3 Å². The molecular formula is C17H15BrN4O. The second-order valence-corrected chi connectivity index (χ2v) is 6.30. The lowest BCUT2D eigenvalue weighted by Gasteiger charge is -2.27. The third-order valence-corrected chi connectivity index (χ3v) is 4.45. The molecule has 0 amide bonds. The van der Waals surface area contributed by atoms with Crippen LogP contribution in [0.25, 0.3) is 22.2 Å². The number of anilines is 1. The van der Waals surface area contributed by atoms with Gasteiger partial charge in [0, 0.05) is 34.7 Å². The van der Waals surface area contributed by atoms with E-state index in [1.807, 2.05) is 30.5 Å². The summed E-state index contributed by atoms with van der Waals surface area (Å²) in [5.74, 6) is 0.983. The molecule has 1 aliphatic rings. The maximum Gasteiger partial charge on any atom is 0.128 e. The van der Waals surface area contributed by atoms with Crippen LogP contribution >= 0.6 is 15.9 Å². The van der Waals surface area contributed by atoms with Crippen LogP contribution in [-0.4, -0.2) is 41.3 Å². The molecule has 3 aromatic rings. The summed E-state index contributed by atoms with van der Waals surface area (Å²) in [5, 5.41) is 1.02. The number of halogens is 1. The Bertz CT molecular complexity index is 832. The second kappa shape index (κ2) is 6.22. The molecule has 0 aliphatic carbocycles. The lowest BCUT2D eigenvalue weighted by atomic mass is 10.1. The summed E-state index contributed by atoms with van der Waals surface area (Å²) >= 11 is 3.51. The highest BCUT2D eigenvalue weighted by Gasteiger charge is 2.13. The monoisotopic (exact) mass is 370 g/mol. The Morgan fingerprint density at radius 2 is 1.87 bits per heavy atom. The van der Waals surface area contributed by atoms with E-state index in [1.54, 1.807) is 6.33 Å². The Morgan fingerprint density at radius 1 is 1.00 bits per heavy atom. The molecule has 0 spiro atoms. The molecule has 0 N–H and O–H groups in total. The number of pyridine rings is 1. The molecule has 0 unspecified atom stereocenters. The second-order valence-electron chi connectivity index (χ2n) is 5.39. The van der Waals surface area contributed by atoms with Crippen LogP contribution in [0.2, 0.25) is 0 Å². The topological polar surface area (TPSA) is 51.1 Å². The van der Waals surface area contributed by atoms with Crippen LogP contribution < -0.4 is 4.90 Å². The van der Waals surface area contributed by atoms with Gasteiger partial charge in [-0.05, 0) is 30.3 Å². The van der Waals surface area contributed by atoms with Crippen LogP contribution in [-0.2, 0) is 4.74 Å². The minimum absolute atomic E-state index is 0.758. The van der Waals surface area contributed by atoms with E-state index >= 15 is 0 Å². The van der Waals surface area contributed by atoms with E-state index in [1.165, 1.54) is 0 Å². The summed E-state index contributed by atoms with van der Waals surface area (Å²) in [6.45, 7) is 3.29. The summed E-state index contributed by atoms with van der Waals surface area (Å²) in [5.41, 5.74) is 2.82. The molecule has 23 heavy (non-hydrogen) atoms. The highest BCUT2D eigenvalue weighted by molar-refractivity contribution is 9.10. The van der Waals surface area contributed by atoms with Crippen LogP contribution in [0.4, 0.5) is 5.82 Å². The number of hydrogen-bond acceptors (Lipinski definition) is 5. The fraction of sp³-hybridized carbons (Fsp3) is 0.235. The van der Waals surface area contributed by atoms with Crippen molar-refractivity contribution < 1.29 is 4.74 Å². The average molecular weight is 371 g/mol. The van der Waals surface area contributed by atoms with Gasteiger partial charge in [-0.1, -0.05) is 15.9 Å². The van der Waals surface area contributed by atoms with Crippen LogP contribution in [0.15, 0.2) is 47.3 Å². The van der Waals surface area contributed by atoms with Gasteiger partial charge in [-0.3, -0.25) is 0 Å². The highest BCUT2D eigenvalue weighted by Crippen LogP contribution is 2.28. The van der Waals surface area contributed by atoms with Gasteiger partial charge in [0.25, 0.3) is 0 Å². The van der Waals surface area contributed by atoms with Crippen molar-refractivity contribution in [1.82, 2.24) is 15.0 Å². The van der Waals surface area contributed by atoms with Gasteiger partial charge in [0.15, 0.2) is 0 Å². The quantitative estimate of drug-likeness (QED) is 0.692. The Kier molecular flexibility index (Phi) is 3.93. The Morgan fingerprint density at radius 3 is 2.65 bits per heavy atom. The smallest absolute Gasteiger partial charge is 0.128 e. The number of morpholine rings is 1. The number of hydrogen-bond donors (Lipinski definition) is 0. The zero-order chi connectivity index (χ0) is 15.6. The predicted molar refractivity (Wildman–Crippen MR) is 93.5 cm³/mol. The summed E-state index contributed by atoms with van der Waals surface area (Å²) in [6, 6.07) is 10.1. The molecule has 0 saturated carbocycles. The average Bonchev–Trinajstić information content (AvgIpc) is 2.62. The standard InChI is InChI=1S/C17H15BrN4O/c18-13-2-3-15-14(9-13)17(21-11-20-15)12-1-4-16(19-10-12)22-5-7-23-8-6-22/h1-4,9-11H,5-8H2. The number of aromatic nitrogens is 3. The first-order valence-corrected chi connectivity index (χ1v) is 8.30. The predicted octanol–water partition coefficient (Wildman–Crippen LogP) is 3.29. The molecule has 0 radical (unpaired) electrons. The first-order chi connectivity index (χ1) is 11.3. The Hall–Kier alpha value is -2.05. The third-order valence-electron chi connectivity index (χ3n) is 3.95. The molecule has 0 bridgehead atoms. The minimum atomic E-state index is 0.758. The normalized spacial score (nSPS) is 15.1. The molecule has 116 valence electrons. The Balaban J connectivity index is 1.72. The minimum Gasteiger partial charge on any atom is -0.378 e. The van der Waals surface area contributed by atoms with Crippen molar-refractivity contribution in [2.75, 3.05) is 31.2 Å². The molecule has 6 heteroatoms. The molecule has 3 heterocycles. The van der Waals surface area contributed by atoms with Gasteiger partial charge in [-0.25, -0.2) is 15.0 Å². The van der Waals surface area contributed by atoms with Gasteiger partial charge in [-0.2, -0.15) is 0 Å². The molecule has 4 rings (SSSR count). The summed E-state index contributed by atoms with van der Waals surface area (Å²) in [4.78, 5) is 15.6. The van der Waals surface area contributed by atoms with E-state index in [2.05, 4.69) is 41.8 Å². The molecule has 5 nitrogen and oxygen atoms in total. The lowest BCUT2D eigenvalue weighted by molar-refractivity contribution is 0.122. The van der Waals surface area contributed by atoms with Gasteiger partial charge < -0.3 is 9.64 Å². The Labute approximate surface area is 142 Å². The first kappa shape index (κ1) is 14.5. The van der Waals surface area contributed by atoms with E-state index in [4.69, 9.17) is 4.74 Å². The molecule has 0 atom stereocenters. The van der Waals surface area contributed by atoms with E-state index < -0.39 is 0 Å². The van der Waals surface area contributed by atoms with Gasteiger partial charge in [-0.15, -0.1) is 0 Å². The lowest BCUT2D eigenvalue weighted by Crippen LogP contribution is -2.36. The largest absolute Gasteiger partial charge is 0.378 e. The molecule has 1 aliphatic heterocycles. The van der Waals surface area contributed by atoms with Crippen molar-refractivity contribution in [3.63, 3.8) is 0 Å². The van der Waals surface area contributed by atoms with E-state index in [0.717, 1.165) is 58.8 Å². The van der Waals surface area contributed by atoms with Gasteiger partial charge in [0.2, 0.25) is 0 Å². The number of nitrogens with zero attached hydrogens (tertiary/aromatic N) is 4. The van der Waals surface area contributed by atoms with Crippen molar-refractivity contribution in [2.45, 2.75) is 0 Å². The fourth-order valence-electron chi connectivity index (χ4n) is 2.76. The molecular weight excluding hydrogens is 356 g/mol. The maximum absolute atomic E-state index is 5.38. The van der Waals surface area contributed by atoms with Crippen LogP contribution in [0.3, 0.4) is 0 Å². The van der Waals surface area contributed by atoms with Crippen LogP contribution in [0, 0.1) is 0 Å². The van der Waals surface area contributed by atoms with Crippen molar-refractivity contribution in [1.29, 1.82) is 0 Å². The number of ether oxygens (including phenoxy) is 1. The van der Waals surface area contributed by atoms with E-state index in [0.29, 0.717) is 0 Å². The van der Waals surface area contributed by atoms with Crippen molar-refractivity contribution >= 4 is 32.7 Å². The van der Waals surface area contributed by atoms with Crippen LogP contribution in [0.1, 0.15) is 0 Å². The van der Waals surface area contributed by atoms with Gasteiger partial charge >= 0.3 is 0 Å². The summed E-state index contributed by atoms with van der Waals surface area (Å²) < 4.78 is 6.40. The summed E-state index contributed by atoms with van der Waals surface area (Å²) in [6.07, 6.45) is 3.48. The van der Waals surface area contributed by atoms with Crippen LogP contribution in [0.5, 0.6) is 0 Å². The zero-order valence-electron chi connectivity index (χ0n) is 12.4. The fourth-order valence-corrected chi connectivity index (χ4v) is 3.13. The van der Waals surface area contributed by atoms with Crippen molar-refractivity contribution in [2.24, 2.45) is 0 Å². The van der Waals surface area contributed by atoms with E-state index in [-0.39, 0.29) is 0 Å².